The van der Waals surface area contributed by atoms with Crippen LogP contribution in [0.15, 0.2) is 6.20 Å². The third kappa shape index (κ3) is 1.99. The minimum Gasteiger partial charge on any atom is -0.317 e. The molecule has 1 N–H and O–H groups in total. The van der Waals surface area contributed by atoms with Crippen molar-refractivity contribution in [2.75, 3.05) is 6.54 Å². The fourth-order valence-electron chi connectivity index (χ4n) is 1.93. The Bertz CT molecular complexity index is 534. The molecule has 1 aliphatic heterocycles. The molecule has 1 aliphatic rings. The maximum atomic E-state index is 12.3. The van der Waals surface area contributed by atoms with Crippen LogP contribution in [0.25, 0.3) is 0 Å². The summed E-state index contributed by atoms with van der Waals surface area (Å²) in [4.78, 5) is 36.3. The van der Waals surface area contributed by atoms with Gasteiger partial charge in [-0.3, -0.25) is 24.4 Å². The third-order valence-corrected chi connectivity index (χ3v) is 2.93. The molecular formula is C11H14N4O3. The first-order valence-electron chi connectivity index (χ1n) is 5.55. The van der Waals surface area contributed by atoms with Crippen LogP contribution < -0.4 is 5.32 Å². The van der Waals surface area contributed by atoms with Crippen molar-refractivity contribution in [3.63, 3.8) is 0 Å². The predicted octanol–water partition coefficient (Wildman–Crippen LogP) is -0.784. The fourth-order valence-corrected chi connectivity index (χ4v) is 1.93. The number of imide groups is 1. The summed E-state index contributed by atoms with van der Waals surface area (Å²) in [6, 6.07) is -0.658. The zero-order valence-corrected chi connectivity index (χ0v) is 10.4. The first-order chi connectivity index (χ1) is 8.40. The van der Waals surface area contributed by atoms with E-state index >= 15 is 0 Å². The van der Waals surface area contributed by atoms with E-state index in [1.165, 1.54) is 9.58 Å². The Kier molecular flexibility index (Phi) is 2.90. The molecule has 1 saturated heterocycles. The summed E-state index contributed by atoms with van der Waals surface area (Å²) in [6.45, 7) is 3.19. The van der Waals surface area contributed by atoms with Crippen LogP contribution in [0.2, 0.25) is 0 Å². The van der Waals surface area contributed by atoms with Crippen molar-refractivity contribution >= 4 is 17.7 Å². The average Bonchev–Trinajstić information content (AvgIpc) is 2.62. The van der Waals surface area contributed by atoms with Crippen molar-refractivity contribution < 1.29 is 14.4 Å². The van der Waals surface area contributed by atoms with Crippen LogP contribution in [0.3, 0.4) is 0 Å². The summed E-state index contributed by atoms with van der Waals surface area (Å²) in [6.07, 6.45) is 1.58. The largest absolute Gasteiger partial charge is 0.317 e. The molecule has 18 heavy (non-hydrogen) atoms. The quantitative estimate of drug-likeness (QED) is 0.662. The highest BCUT2D eigenvalue weighted by Crippen LogP contribution is 2.13. The van der Waals surface area contributed by atoms with Gasteiger partial charge in [0.2, 0.25) is 11.8 Å². The minimum atomic E-state index is -0.658. The van der Waals surface area contributed by atoms with Crippen LogP contribution in [0, 0.1) is 6.92 Å². The van der Waals surface area contributed by atoms with Gasteiger partial charge in [0.05, 0.1) is 11.3 Å². The molecule has 0 aliphatic carbocycles. The smallest absolute Gasteiger partial charge is 0.258 e. The van der Waals surface area contributed by atoms with Crippen LogP contribution in [-0.4, -0.2) is 45.0 Å². The second-order valence-corrected chi connectivity index (χ2v) is 4.32. The van der Waals surface area contributed by atoms with E-state index in [4.69, 9.17) is 0 Å². The number of aryl methyl sites for hydroxylation is 2. The predicted molar refractivity (Wildman–Crippen MR) is 61.6 cm³/mol. The second kappa shape index (κ2) is 4.25. The van der Waals surface area contributed by atoms with Crippen LogP contribution in [0.4, 0.5) is 0 Å². The van der Waals surface area contributed by atoms with E-state index in [9.17, 15) is 14.4 Å². The number of carbonyl (C=O) groups excluding carboxylic acids is 3. The van der Waals surface area contributed by atoms with Crippen molar-refractivity contribution in [1.82, 2.24) is 20.0 Å². The molecule has 1 aromatic heterocycles. The van der Waals surface area contributed by atoms with E-state index in [1.807, 2.05) is 0 Å². The van der Waals surface area contributed by atoms with E-state index in [0.29, 0.717) is 11.3 Å². The number of nitrogens with one attached hydrogen (secondary N) is 1. The number of rotatable bonds is 1. The summed E-state index contributed by atoms with van der Waals surface area (Å²) in [5.74, 6) is -1.27. The topological polar surface area (TPSA) is 84.3 Å². The van der Waals surface area contributed by atoms with Crippen molar-refractivity contribution in [2.24, 2.45) is 7.05 Å². The Morgan fingerprint density at radius 1 is 1.50 bits per heavy atom. The van der Waals surface area contributed by atoms with E-state index in [-0.39, 0.29) is 12.5 Å². The van der Waals surface area contributed by atoms with Crippen LogP contribution in [0.1, 0.15) is 23.0 Å². The number of aromatic nitrogens is 2. The van der Waals surface area contributed by atoms with E-state index in [0.717, 1.165) is 0 Å². The van der Waals surface area contributed by atoms with Gasteiger partial charge in [-0.15, -0.1) is 0 Å². The Morgan fingerprint density at radius 2 is 2.17 bits per heavy atom. The van der Waals surface area contributed by atoms with Crippen LogP contribution >= 0.6 is 0 Å². The summed E-state index contributed by atoms with van der Waals surface area (Å²) in [7, 11) is 1.71. The lowest BCUT2D eigenvalue weighted by atomic mass is 10.1. The van der Waals surface area contributed by atoms with Crippen LogP contribution in [0.5, 0.6) is 0 Å². The van der Waals surface area contributed by atoms with Gasteiger partial charge in [-0.2, -0.15) is 5.10 Å². The maximum Gasteiger partial charge on any atom is 0.258 e. The lowest BCUT2D eigenvalue weighted by Gasteiger charge is -2.31. The lowest BCUT2D eigenvalue weighted by Crippen LogP contribution is -2.58. The van der Waals surface area contributed by atoms with Gasteiger partial charge in [0.25, 0.3) is 5.91 Å². The molecular weight excluding hydrogens is 236 g/mol. The molecule has 0 radical (unpaired) electrons. The third-order valence-electron chi connectivity index (χ3n) is 2.93. The van der Waals surface area contributed by atoms with Gasteiger partial charge >= 0.3 is 0 Å². The summed E-state index contributed by atoms with van der Waals surface area (Å²) in [5, 5.41) is 6.27. The number of amides is 3. The van der Waals surface area contributed by atoms with Crippen molar-refractivity contribution in [3.05, 3.63) is 17.5 Å². The van der Waals surface area contributed by atoms with Crippen molar-refractivity contribution in [1.29, 1.82) is 0 Å². The zero-order chi connectivity index (χ0) is 13.4. The Labute approximate surface area is 104 Å². The summed E-state index contributed by atoms with van der Waals surface area (Å²) < 4.78 is 1.53. The standard InChI is InChI=1S/C11H14N4O3/c1-6-8(4-14(3)13-6)11(18)15-5-9(16)12-10(17)7(15)2/h4,7H,5H2,1-3H3,(H,12,16,17). The lowest BCUT2D eigenvalue weighted by molar-refractivity contribution is -0.138. The zero-order valence-electron chi connectivity index (χ0n) is 10.4. The Hall–Kier alpha value is -2.18. The summed E-state index contributed by atoms with van der Waals surface area (Å²) >= 11 is 0. The molecule has 1 aromatic rings. The molecule has 2 rings (SSSR count). The molecule has 96 valence electrons. The number of hydrogen-bond donors (Lipinski definition) is 1. The van der Waals surface area contributed by atoms with E-state index in [1.54, 1.807) is 27.1 Å². The molecule has 0 aromatic carbocycles. The van der Waals surface area contributed by atoms with Crippen molar-refractivity contribution in [3.8, 4) is 0 Å². The highest BCUT2D eigenvalue weighted by molar-refractivity contribution is 6.07. The van der Waals surface area contributed by atoms with E-state index in [2.05, 4.69) is 10.4 Å². The normalized spacial score (nSPS) is 19.9. The van der Waals surface area contributed by atoms with Gasteiger partial charge in [-0.1, -0.05) is 0 Å². The minimum absolute atomic E-state index is 0.111. The second-order valence-electron chi connectivity index (χ2n) is 4.32. The SMILES string of the molecule is Cc1nn(C)cc1C(=O)N1CC(=O)NC(=O)C1C. The highest BCUT2D eigenvalue weighted by Gasteiger charge is 2.34. The van der Waals surface area contributed by atoms with Gasteiger partial charge in [0.15, 0.2) is 0 Å². The number of carbonyl (C=O) groups is 3. The van der Waals surface area contributed by atoms with E-state index < -0.39 is 17.9 Å². The number of piperazine rings is 1. The maximum absolute atomic E-state index is 12.3. The highest BCUT2D eigenvalue weighted by atomic mass is 16.2. The number of nitrogens with zero attached hydrogens (tertiary/aromatic N) is 3. The van der Waals surface area contributed by atoms with Gasteiger partial charge < -0.3 is 4.90 Å². The molecule has 1 atom stereocenters. The first kappa shape index (κ1) is 12.3. The molecule has 1 fully saturated rings. The average molecular weight is 250 g/mol. The molecule has 3 amide bonds. The molecule has 2 heterocycles. The molecule has 0 saturated carbocycles. The Morgan fingerprint density at radius 3 is 2.72 bits per heavy atom. The molecule has 0 spiro atoms. The molecule has 0 bridgehead atoms. The van der Waals surface area contributed by atoms with Crippen LogP contribution in [-0.2, 0) is 16.6 Å². The molecule has 1 unspecified atom stereocenters. The number of hydrogen-bond acceptors (Lipinski definition) is 4. The first-order valence-corrected chi connectivity index (χ1v) is 5.55. The van der Waals surface area contributed by atoms with Crippen molar-refractivity contribution in [2.45, 2.75) is 19.9 Å². The molecule has 7 heteroatoms. The van der Waals surface area contributed by atoms with Gasteiger partial charge in [0, 0.05) is 13.2 Å². The van der Waals surface area contributed by atoms with Gasteiger partial charge in [-0.05, 0) is 13.8 Å². The Balaban J connectivity index is 2.30. The molecule has 7 nitrogen and oxygen atoms in total. The fraction of sp³-hybridized carbons (Fsp3) is 0.455. The van der Waals surface area contributed by atoms with Gasteiger partial charge in [0.1, 0.15) is 12.6 Å². The van der Waals surface area contributed by atoms with Gasteiger partial charge in [-0.25, -0.2) is 0 Å². The monoisotopic (exact) mass is 250 g/mol. The summed E-state index contributed by atoms with van der Waals surface area (Å²) in [5.41, 5.74) is 0.986.